The zero-order valence-corrected chi connectivity index (χ0v) is 12.0. The lowest BCUT2D eigenvalue weighted by Crippen LogP contribution is -2.14. The predicted octanol–water partition coefficient (Wildman–Crippen LogP) is 4.28. The molecule has 0 atom stereocenters. The van der Waals surface area contributed by atoms with Crippen LogP contribution in [0.25, 0.3) is 10.9 Å². The van der Waals surface area contributed by atoms with Gasteiger partial charge in [0.25, 0.3) is 0 Å². The smallest absolute Gasteiger partial charge is 0.119 e. The van der Waals surface area contributed by atoms with E-state index in [-0.39, 0.29) is 5.41 Å². The minimum absolute atomic E-state index is 0.0227. The van der Waals surface area contributed by atoms with E-state index in [2.05, 4.69) is 26.8 Å². The molecule has 0 aliphatic carbocycles. The van der Waals surface area contributed by atoms with Crippen LogP contribution in [0.3, 0.4) is 0 Å². The van der Waals surface area contributed by atoms with Crippen LogP contribution in [0.4, 0.5) is 0 Å². The zero-order valence-electron chi connectivity index (χ0n) is 11.2. The first-order valence-corrected chi connectivity index (χ1v) is 6.53. The molecule has 0 spiro atoms. The molecule has 0 fully saturated rings. The summed E-state index contributed by atoms with van der Waals surface area (Å²) < 4.78 is 5.25. The third-order valence-corrected chi connectivity index (χ3v) is 3.30. The van der Waals surface area contributed by atoms with E-state index in [0.717, 1.165) is 27.9 Å². The van der Waals surface area contributed by atoms with Gasteiger partial charge in [0.2, 0.25) is 0 Å². The summed E-state index contributed by atoms with van der Waals surface area (Å²) >= 11 is 6.05. The number of pyridine rings is 1. The van der Waals surface area contributed by atoms with E-state index in [1.807, 2.05) is 18.2 Å². The first-order valence-electron chi connectivity index (χ1n) is 6.00. The standard InChI is InChI=1S/C15H18ClNO/c1-15(2,3)14-7-10(9-16)12-8-11(18-4)5-6-13(12)17-14/h5-8H,9H2,1-4H3. The van der Waals surface area contributed by atoms with Gasteiger partial charge in [0.1, 0.15) is 5.75 Å². The molecule has 18 heavy (non-hydrogen) atoms. The molecule has 2 aromatic rings. The Hall–Kier alpha value is -1.28. The first kappa shape index (κ1) is 13.2. The summed E-state index contributed by atoms with van der Waals surface area (Å²) in [5.74, 6) is 1.31. The van der Waals surface area contributed by atoms with Crippen LogP contribution < -0.4 is 4.74 Å². The van der Waals surface area contributed by atoms with Crippen LogP contribution in [0.5, 0.6) is 5.75 Å². The number of methoxy groups -OCH3 is 1. The molecule has 1 aromatic heterocycles. The Labute approximate surface area is 113 Å². The number of hydrogen-bond acceptors (Lipinski definition) is 2. The Balaban J connectivity index is 2.71. The number of alkyl halides is 1. The third kappa shape index (κ3) is 2.44. The van der Waals surface area contributed by atoms with Crippen molar-refractivity contribution in [2.45, 2.75) is 32.1 Å². The van der Waals surface area contributed by atoms with Crippen molar-refractivity contribution in [3.05, 3.63) is 35.5 Å². The molecule has 0 aliphatic rings. The maximum Gasteiger partial charge on any atom is 0.119 e. The van der Waals surface area contributed by atoms with Gasteiger partial charge in [-0.25, -0.2) is 0 Å². The van der Waals surface area contributed by atoms with Gasteiger partial charge in [-0.15, -0.1) is 11.6 Å². The Morgan fingerprint density at radius 1 is 1.22 bits per heavy atom. The minimum atomic E-state index is 0.0227. The monoisotopic (exact) mass is 263 g/mol. The number of halogens is 1. The van der Waals surface area contributed by atoms with Gasteiger partial charge in [-0.2, -0.15) is 0 Å². The van der Waals surface area contributed by atoms with Crippen LogP contribution in [0.15, 0.2) is 24.3 Å². The Morgan fingerprint density at radius 3 is 2.50 bits per heavy atom. The largest absolute Gasteiger partial charge is 0.497 e. The summed E-state index contributed by atoms with van der Waals surface area (Å²) in [6.07, 6.45) is 0. The Kier molecular flexibility index (Phi) is 3.49. The molecule has 0 amide bonds. The number of hydrogen-bond donors (Lipinski definition) is 0. The molecule has 0 radical (unpaired) electrons. The van der Waals surface area contributed by atoms with Crippen molar-refractivity contribution in [3.8, 4) is 5.75 Å². The van der Waals surface area contributed by atoms with Crippen LogP contribution in [0, 0.1) is 0 Å². The highest BCUT2D eigenvalue weighted by molar-refractivity contribution is 6.18. The molecule has 0 saturated carbocycles. The zero-order chi connectivity index (χ0) is 13.3. The predicted molar refractivity (Wildman–Crippen MR) is 76.6 cm³/mol. The molecular formula is C15H18ClNO. The average Bonchev–Trinajstić information content (AvgIpc) is 2.35. The second-order valence-corrected chi connectivity index (χ2v) is 5.70. The van der Waals surface area contributed by atoms with Gasteiger partial charge < -0.3 is 4.74 Å². The van der Waals surface area contributed by atoms with E-state index in [0.29, 0.717) is 5.88 Å². The van der Waals surface area contributed by atoms with E-state index in [1.165, 1.54) is 0 Å². The molecule has 0 saturated heterocycles. The van der Waals surface area contributed by atoms with Crippen molar-refractivity contribution in [2.24, 2.45) is 0 Å². The number of nitrogens with zero attached hydrogens (tertiary/aromatic N) is 1. The van der Waals surface area contributed by atoms with Gasteiger partial charge >= 0.3 is 0 Å². The quantitative estimate of drug-likeness (QED) is 0.755. The molecule has 96 valence electrons. The third-order valence-electron chi connectivity index (χ3n) is 3.01. The normalized spacial score (nSPS) is 11.8. The van der Waals surface area contributed by atoms with Crippen LogP contribution in [0.2, 0.25) is 0 Å². The summed E-state index contributed by atoms with van der Waals surface area (Å²) in [5, 5.41) is 1.07. The van der Waals surface area contributed by atoms with Gasteiger partial charge in [-0.1, -0.05) is 20.8 Å². The van der Waals surface area contributed by atoms with E-state index in [4.69, 9.17) is 21.3 Å². The van der Waals surface area contributed by atoms with Gasteiger partial charge in [0.15, 0.2) is 0 Å². The highest BCUT2D eigenvalue weighted by Crippen LogP contribution is 2.29. The van der Waals surface area contributed by atoms with E-state index in [1.54, 1.807) is 7.11 Å². The molecule has 2 nitrogen and oxygen atoms in total. The molecule has 0 bridgehead atoms. The van der Waals surface area contributed by atoms with Gasteiger partial charge in [0, 0.05) is 22.4 Å². The van der Waals surface area contributed by atoms with Crippen molar-refractivity contribution in [1.82, 2.24) is 4.98 Å². The van der Waals surface area contributed by atoms with Crippen LogP contribution in [-0.4, -0.2) is 12.1 Å². The summed E-state index contributed by atoms with van der Waals surface area (Å²) in [7, 11) is 1.67. The number of rotatable bonds is 2. The molecule has 0 aliphatic heterocycles. The molecule has 1 aromatic carbocycles. The van der Waals surface area contributed by atoms with E-state index in [9.17, 15) is 0 Å². The summed E-state index contributed by atoms with van der Waals surface area (Å²) in [6, 6.07) is 8.00. The highest BCUT2D eigenvalue weighted by atomic mass is 35.5. The Bertz CT molecular complexity index is 572. The lowest BCUT2D eigenvalue weighted by molar-refractivity contribution is 0.415. The average molecular weight is 264 g/mol. The SMILES string of the molecule is COc1ccc2nc(C(C)(C)C)cc(CCl)c2c1. The highest BCUT2D eigenvalue weighted by Gasteiger charge is 2.17. The van der Waals surface area contributed by atoms with E-state index >= 15 is 0 Å². The van der Waals surface area contributed by atoms with Crippen molar-refractivity contribution < 1.29 is 4.74 Å². The molecular weight excluding hydrogens is 246 g/mol. The van der Waals surface area contributed by atoms with Gasteiger partial charge in [-0.3, -0.25) is 4.98 Å². The minimum Gasteiger partial charge on any atom is -0.497 e. The maximum atomic E-state index is 6.05. The van der Waals surface area contributed by atoms with Gasteiger partial charge in [0.05, 0.1) is 12.6 Å². The van der Waals surface area contributed by atoms with Crippen molar-refractivity contribution in [2.75, 3.05) is 7.11 Å². The van der Waals surface area contributed by atoms with Crippen molar-refractivity contribution in [1.29, 1.82) is 0 Å². The molecule has 0 N–H and O–H groups in total. The molecule has 0 unspecified atom stereocenters. The van der Waals surface area contributed by atoms with Crippen LogP contribution >= 0.6 is 11.6 Å². The topological polar surface area (TPSA) is 22.1 Å². The fourth-order valence-electron chi connectivity index (χ4n) is 1.90. The van der Waals surface area contributed by atoms with Crippen molar-refractivity contribution >= 4 is 22.5 Å². The molecule has 2 rings (SSSR count). The van der Waals surface area contributed by atoms with Gasteiger partial charge in [-0.05, 0) is 29.8 Å². The number of aromatic nitrogens is 1. The van der Waals surface area contributed by atoms with E-state index < -0.39 is 0 Å². The molecule has 1 heterocycles. The second kappa shape index (κ2) is 4.77. The second-order valence-electron chi connectivity index (χ2n) is 5.43. The maximum absolute atomic E-state index is 6.05. The number of fused-ring (bicyclic) bond motifs is 1. The summed E-state index contributed by atoms with van der Waals surface area (Å²) in [5.41, 5.74) is 3.16. The fraction of sp³-hybridized carbons (Fsp3) is 0.400. The first-order chi connectivity index (χ1) is 8.45. The Morgan fingerprint density at radius 2 is 1.94 bits per heavy atom. The lowest BCUT2D eigenvalue weighted by Gasteiger charge is -2.19. The summed E-state index contributed by atoms with van der Waals surface area (Å²) in [4.78, 5) is 4.72. The fourth-order valence-corrected chi connectivity index (χ4v) is 2.12. The molecule has 3 heteroatoms. The number of benzene rings is 1. The number of ether oxygens (including phenoxy) is 1. The van der Waals surface area contributed by atoms with Crippen molar-refractivity contribution in [3.63, 3.8) is 0 Å². The lowest BCUT2D eigenvalue weighted by atomic mass is 9.90. The van der Waals surface area contributed by atoms with Crippen LogP contribution in [-0.2, 0) is 11.3 Å². The van der Waals surface area contributed by atoms with Crippen LogP contribution in [0.1, 0.15) is 32.0 Å². The summed E-state index contributed by atoms with van der Waals surface area (Å²) in [6.45, 7) is 6.47.